The molecule has 4 nitrogen and oxygen atoms in total. The minimum atomic E-state index is 0.0292. The molecule has 0 aliphatic heterocycles. The van der Waals surface area contributed by atoms with E-state index in [9.17, 15) is 0 Å². The molecule has 0 aliphatic carbocycles. The molecule has 1 aromatic rings. The predicted octanol–water partition coefficient (Wildman–Crippen LogP) is 0.357. The van der Waals surface area contributed by atoms with Crippen LogP contribution < -0.4 is 5.32 Å². The van der Waals surface area contributed by atoms with Gasteiger partial charge < -0.3 is 10.4 Å². The Kier molecular flexibility index (Phi) is 3.05. The maximum Gasteiger partial charge on any atom is 0.143 e. The van der Waals surface area contributed by atoms with Crippen molar-refractivity contribution in [2.45, 2.75) is 0 Å². The van der Waals surface area contributed by atoms with E-state index < -0.39 is 0 Å². The van der Waals surface area contributed by atoms with Gasteiger partial charge in [-0.15, -0.1) is 0 Å². The summed E-state index contributed by atoms with van der Waals surface area (Å²) in [6.07, 6.45) is 1.60. The van der Waals surface area contributed by atoms with Crippen LogP contribution in [0.1, 0.15) is 5.56 Å². The number of aliphatic hydroxyl groups is 1. The molecular formula is C8H9N3O. The number of anilines is 1. The SMILES string of the molecule is N#Cc1cccnc1NCCO. The second-order valence-corrected chi connectivity index (χ2v) is 2.16. The summed E-state index contributed by atoms with van der Waals surface area (Å²) in [5, 5.41) is 20.0. The van der Waals surface area contributed by atoms with E-state index in [-0.39, 0.29) is 6.61 Å². The summed E-state index contributed by atoms with van der Waals surface area (Å²) in [6, 6.07) is 5.37. The fourth-order valence-corrected chi connectivity index (χ4v) is 0.811. The molecule has 0 saturated heterocycles. The average molecular weight is 163 g/mol. The third kappa shape index (κ3) is 1.94. The molecule has 0 saturated carbocycles. The Hall–Kier alpha value is -1.60. The van der Waals surface area contributed by atoms with Crippen LogP contribution in [-0.4, -0.2) is 23.2 Å². The Balaban J connectivity index is 2.77. The van der Waals surface area contributed by atoms with Gasteiger partial charge in [-0.2, -0.15) is 5.26 Å². The van der Waals surface area contributed by atoms with Crippen molar-refractivity contribution in [1.82, 2.24) is 4.98 Å². The normalized spacial score (nSPS) is 9.00. The standard InChI is InChI=1S/C8H9N3O/c9-6-7-2-1-3-10-8(7)11-4-5-12/h1-3,12H,4-5H2,(H,10,11). The van der Waals surface area contributed by atoms with Gasteiger partial charge >= 0.3 is 0 Å². The number of hydrogen-bond donors (Lipinski definition) is 2. The van der Waals surface area contributed by atoms with Crippen LogP contribution in [0.5, 0.6) is 0 Å². The van der Waals surface area contributed by atoms with Gasteiger partial charge in [0.05, 0.1) is 12.2 Å². The average Bonchev–Trinajstić information content (AvgIpc) is 2.15. The van der Waals surface area contributed by atoms with Gasteiger partial charge in [0.2, 0.25) is 0 Å². The van der Waals surface area contributed by atoms with Crippen molar-refractivity contribution < 1.29 is 5.11 Å². The van der Waals surface area contributed by atoms with E-state index in [0.717, 1.165) is 0 Å². The quantitative estimate of drug-likeness (QED) is 0.675. The molecule has 1 heterocycles. The topological polar surface area (TPSA) is 68.9 Å². The Morgan fingerprint density at radius 1 is 1.67 bits per heavy atom. The lowest BCUT2D eigenvalue weighted by atomic mass is 10.3. The molecule has 0 unspecified atom stereocenters. The summed E-state index contributed by atoms with van der Waals surface area (Å²) in [5.41, 5.74) is 0.492. The van der Waals surface area contributed by atoms with E-state index in [1.807, 2.05) is 6.07 Å². The molecule has 0 atom stereocenters. The Bertz CT molecular complexity index is 293. The number of nitriles is 1. The molecule has 0 amide bonds. The number of pyridine rings is 1. The van der Waals surface area contributed by atoms with Crippen LogP contribution in [0.4, 0.5) is 5.82 Å². The third-order valence-electron chi connectivity index (χ3n) is 1.33. The van der Waals surface area contributed by atoms with Crippen LogP contribution in [0.25, 0.3) is 0 Å². The largest absolute Gasteiger partial charge is 0.395 e. The van der Waals surface area contributed by atoms with Crippen molar-refractivity contribution in [2.75, 3.05) is 18.5 Å². The number of nitrogens with zero attached hydrogens (tertiary/aromatic N) is 2. The number of aromatic nitrogens is 1. The van der Waals surface area contributed by atoms with Crippen LogP contribution >= 0.6 is 0 Å². The molecule has 0 spiro atoms. The number of rotatable bonds is 3. The molecular weight excluding hydrogens is 154 g/mol. The highest BCUT2D eigenvalue weighted by Crippen LogP contribution is 2.08. The first-order valence-electron chi connectivity index (χ1n) is 3.58. The van der Waals surface area contributed by atoms with Gasteiger partial charge in [-0.3, -0.25) is 0 Å². The Morgan fingerprint density at radius 3 is 3.17 bits per heavy atom. The van der Waals surface area contributed by atoms with Crippen LogP contribution in [0.3, 0.4) is 0 Å². The summed E-state index contributed by atoms with van der Waals surface area (Å²) in [5.74, 6) is 0.522. The van der Waals surface area contributed by atoms with Gasteiger partial charge in [-0.05, 0) is 12.1 Å². The van der Waals surface area contributed by atoms with E-state index in [0.29, 0.717) is 17.9 Å². The van der Waals surface area contributed by atoms with Crippen LogP contribution in [0.2, 0.25) is 0 Å². The van der Waals surface area contributed by atoms with Crippen molar-refractivity contribution >= 4 is 5.82 Å². The highest BCUT2D eigenvalue weighted by atomic mass is 16.3. The summed E-state index contributed by atoms with van der Waals surface area (Å²) in [7, 11) is 0. The predicted molar refractivity (Wildman–Crippen MR) is 44.5 cm³/mol. The van der Waals surface area contributed by atoms with Gasteiger partial charge in [0.15, 0.2) is 0 Å². The summed E-state index contributed by atoms with van der Waals surface area (Å²) < 4.78 is 0. The smallest absolute Gasteiger partial charge is 0.143 e. The molecule has 0 aromatic carbocycles. The van der Waals surface area contributed by atoms with E-state index in [1.165, 1.54) is 0 Å². The second kappa shape index (κ2) is 4.31. The molecule has 4 heteroatoms. The maximum absolute atomic E-state index is 8.63. The van der Waals surface area contributed by atoms with Crippen LogP contribution in [0.15, 0.2) is 18.3 Å². The first kappa shape index (κ1) is 8.50. The molecule has 1 rings (SSSR count). The highest BCUT2D eigenvalue weighted by Gasteiger charge is 1.99. The molecule has 1 aromatic heterocycles. The second-order valence-electron chi connectivity index (χ2n) is 2.16. The van der Waals surface area contributed by atoms with Crippen LogP contribution in [0, 0.1) is 11.3 Å². The minimum absolute atomic E-state index is 0.0292. The lowest BCUT2D eigenvalue weighted by Gasteiger charge is -2.03. The van der Waals surface area contributed by atoms with Gasteiger partial charge in [-0.1, -0.05) is 0 Å². The summed E-state index contributed by atoms with van der Waals surface area (Å²) in [6.45, 7) is 0.438. The van der Waals surface area contributed by atoms with Gasteiger partial charge in [0.1, 0.15) is 11.9 Å². The zero-order valence-electron chi connectivity index (χ0n) is 6.49. The molecule has 0 radical (unpaired) electrons. The Labute approximate surface area is 70.5 Å². The first-order chi connectivity index (χ1) is 5.88. The molecule has 0 fully saturated rings. The third-order valence-corrected chi connectivity index (χ3v) is 1.33. The fourth-order valence-electron chi connectivity index (χ4n) is 0.811. The van der Waals surface area contributed by atoms with Crippen molar-refractivity contribution in [3.63, 3.8) is 0 Å². The summed E-state index contributed by atoms with van der Waals surface area (Å²) >= 11 is 0. The molecule has 0 bridgehead atoms. The lowest BCUT2D eigenvalue weighted by molar-refractivity contribution is 0.311. The first-order valence-corrected chi connectivity index (χ1v) is 3.58. The van der Waals surface area contributed by atoms with Gasteiger partial charge in [-0.25, -0.2) is 4.98 Å². The number of hydrogen-bond acceptors (Lipinski definition) is 4. The van der Waals surface area contributed by atoms with Gasteiger partial charge in [0.25, 0.3) is 0 Å². The lowest BCUT2D eigenvalue weighted by Crippen LogP contribution is -2.07. The van der Waals surface area contributed by atoms with E-state index in [4.69, 9.17) is 10.4 Å². The zero-order valence-corrected chi connectivity index (χ0v) is 6.49. The van der Waals surface area contributed by atoms with Crippen molar-refractivity contribution in [1.29, 1.82) is 5.26 Å². The van der Waals surface area contributed by atoms with Crippen molar-refractivity contribution in [3.05, 3.63) is 23.9 Å². The van der Waals surface area contributed by atoms with Crippen LogP contribution in [-0.2, 0) is 0 Å². The molecule has 62 valence electrons. The van der Waals surface area contributed by atoms with E-state index >= 15 is 0 Å². The maximum atomic E-state index is 8.63. The number of nitrogens with one attached hydrogen (secondary N) is 1. The zero-order chi connectivity index (χ0) is 8.81. The van der Waals surface area contributed by atoms with Crippen molar-refractivity contribution in [2.24, 2.45) is 0 Å². The highest BCUT2D eigenvalue weighted by molar-refractivity contribution is 5.50. The van der Waals surface area contributed by atoms with Gasteiger partial charge in [0, 0.05) is 12.7 Å². The molecule has 12 heavy (non-hydrogen) atoms. The van der Waals surface area contributed by atoms with Crippen molar-refractivity contribution in [3.8, 4) is 6.07 Å². The van der Waals surface area contributed by atoms with E-state index in [2.05, 4.69) is 10.3 Å². The number of aliphatic hydroxyl groups excluding tert-OH is 1. The molecule has 2 N–H and O–H groups in total. The molecule has 0 aliphatic rings. The Morgan fingerprint density at radius 2 is 2.50 bits per heavy atom. The monoisotopic (exact) mass is 163 g/mol. The summed E-state index contributed by atoms with van der Waals surface area (Å²) in [4.78, 5) is 3.94. The minimum Gasteiger partial charge on any atom is -0.395 e. The van der Waals surface area contributed by atoms with E-state index in [1.54, 1.807) is 18.3 Å². The fraction of sp³-hybridized carbons (Fsp3) is 0.250.